The van der Waals surface area contributed by atoms with E-state index in [2.05, 4.69) is 5.32 Å². The summed E-state index contributed by atoms with van der Waals surface area (Å²) in [5, 5.41) is 14.1. The average molecular weight is 363 g/mol. The third-order valence-electron chi connectivity index (χ3n) is 4.12. The van der Waals surface area contributed by atoms with Crippen molar-refractivity contribution in [3.05, 3.63) is 50.7 Å². The Hall–Kier alpha value is -2.61. The summed E-state index contributed by atoms with van der Waals surface area (Å²) in [5.41, 5.74) is 0.948. The number of hydrogen-bond donors (Lipinski definition) is 2. The van der Waals surface area contributed by atoms with Gasteiger partial charge >= 0.3 is 5.63 Å². The molecular formula is C17H17NO6S. The number of phenolic OH excluding ortho intramolecular Hbond substituents is 1. The zero-order chi connectivity index (χ0) is 18.4. The van der Waals surface area contributed by atoms with Crippen molar-refractivity contribution >= 4 is 26.7 Å². The minimum absolute atomic E-state index is 0.0253. The minimum Gasteiger partial charge on any atom is -0.507 e. The lowest BCUT2D eigenvalue weighted by atomic mass is 10.0. The predicted octanol–water partition coefficient (Wildman–Crippen LogP) is 1.08. The molecule has 1 amide bonds. The summed E-state index contributed by atoms with van der Waals surface area (Å²) < 4.78 is 28.0. The second-order valence-corrected chi connectivity index (χ2v) is 8.09. The molecule has 3 rings (SSSR count). The van der Waals surface area contributed by atoms with E-state index in [1.165, 1.54) is 6.08 Å². The van der Waals surface area contributed by atoms with Crippen molar-refractivity contribution in [3.63, 3.8) is 0 Å². The summed E-state index contributed by atoms with van der Waals surface area (Å²) in [6, 6.07) is 2.58. The molecule has 132 valence electrons. The highest BCUT2D eigenvalue weighted by Crippen LogP contribution is 2.29. The SMILES string of the molecule is Cc1cc(O)c2c(C)c(CC(=O)N[C@H]3C=CS(=O)(=O)C3)c(=O)oc2c1. The Morgan fingerprint density at radius 1 is 1.36 bits per heavy atom. The summed E-state index contributed by atoms with van der Waals surface area (Å²) >= 11 is 0. The zero-order valence-electron chi connectivity index (χ0n) is 13.7. The van der Waals surface area contributed by atoms with Gasteiger partial charge in [0.2, 0.25) is 5.91 Å². The van der Waals surface area contributed by atoms with Crippen LogP contribution in [-0.4, -0.2) is 31.2 Å². The Morgan fingerprint density at radius 2 is 2.08 bits per heavy atom. The van der Waals surface area contributed by atoms with Crippen LogP contribution in [0, 0.1) is 13.8 Å². The van der Waals surface area contributed by atoms with Crippen LogP contribution in [0.4, 0.5) is 0 Å². The van der Waals surface area contributed by atoms with Crippen molar-refractivity contribution in [1.29, 1.82) is 0 Å². The molecule has 1 aliphatic rings. The van der Waals surface area contributed by atoms with Crippen molar-refractivity contribution < 1.29 is 22.7 Å². The van der Waals surface area contributed by atoms with E-state index < -0.39 is 27.4 Å². The smallest absolute Gasteiger partial charge is 0.340 e. The van der Waals surface area contributed by atoms with Crippen molar-refractivity contribution in [2.75, 3.05) is 5.75 Å². The van der Waals surface area contributed by atoms with Crippen molar-refractivity contribution in [2.24, 2.45) is 0 Å². The van der Waals surface area contributed by atoms with E-state index in [4.69, 9.17) is 4.42 Å². The fourth-order valence-electron chi connectivity index (χ4n) is 2.95. The Kier molecular flexibility index (Phi) is 4.16. The molecule has 0 unspecified atom stereocenters. The van der Waals surface area contributed by atoms with Gasteiger partial charge in [0.15, 0.2) is 9.84 Å². The van der Waals surface area contributed by atoms with Crippen LogP contribution >= 0.6 is 0 Å². The van der Waals surface area contributed by atoms with Gasteiger partial charge in [-0.2, -0.15) is 0 Å². The highest BCUT2D eigenvalue weighted by atomic mass is 32.2. The minimum atomic E-state index is -3.28. The number of amides is 1. The number of carbonyl (C=O) groups is 1. The van der Waals surface area contributed by atoms with Gasteiger partial charge in [-0.1, -0.05) is 0 Å². The van der Waals surface area contributed by atoms with E-state index >= 15 is 0 Å². The van der Waals surface area contributed by atoms with Gasteiger partial charge in [0.25, 0.3) is 0 Å². The molecule has 1 atom stereocenters. The number of aryl methyl sites for hydroxylation is 2. The fourth-order valence-corrected chi connectivity index (χ4v) is 4.18. The maximum absolute atomic E-state index is 12.2. The number of sulfone groups is 1. The number of rotatable bonds is 3. The predicted molar refractivity (Wildman–Crippen MR) is 92.2 cm³/mol. The number of fused-ring (bicyclic) bond motifs is 1. The molecule has 1 aromatic heterocycles. The van der Waals surface area contributed by atoms with Gasteiger partial charge in [0.05, 0.1) is 29.2 Å². The average Bonchev–Trinajstić information content (AvgIpc) is 2.81. The van der Waals surface area contributed by atoms with Gasteiger partial charge in [-0.05, 0) is 43.2 Å². The second-order valence-electron chi connectivity index (χ2n) is 6.16. The first-order chi connectivity index (χ1) is 11.7. The molecular weight excluding hydrogens is 346 g/mol. The second kappa shape index (κ2) is 6.03. The lowest BCUT2D eigenvalue weighted by Crippen LogP contribution is -2.37. The van der Waals surface area contributed by atoms with Gasteiger partial charge in [0.1, 0.15) is 11.3 Å². The van der Waals surface area contributed by atoms with E-state index in [0.717, 1.165) is 11.0 Å². The molecule has 0 fully saturated rings. The molecule has 1 aromatic carbocycles. The third kappa shape index (κ3) is 3.43. The third-order valence-corrected chi connectivity index (χ3v) is 5.51. The molecule has 2 N–H and O–H groups in total. The molecule has 8 heteroatoms. The molecule has 0 saturated heterocycles. The van der Waals surface area contributed by atoms with Crippen LogP contribution in [0.2, 0.25) is 0 Å². The molecule has 1 aliphatic heterocycles. The van der Waals surface area contributed by atoms with Gasteiger partial charge in [-0.15, -0.1) is 0 Å². The van der Waals surface area contributed by atoms with E-state index in [1.54, 1.807) is 26.0 Å². The summed E-state index contributed by atoms with van der Waals surface area (Å²) in [6.45, 7) is 3.40. The molecule has 2 aromatic rings. The lowest BCUT2D eigenvalue weighted by molar-refractivity contribution is -0.120. The quantitative estimate of drug-likeness (QED) is 0.789. The van der Waals surface area contributed by atoms with Crippen molar-refractivity contribution in [3.8, 4) is 5.75 Å². The fraction of sp³-hybridized carbons (Fsp3) is 0.294. The first-order valence-electron chi connectivity index (χ1n) is 7.62. The van der Waals surface area contributed by atoms with Crippen LogP contribution in [-0.2, 0) is 21.1 Å². The molecule has 0 saturated carbocycles. The molecule has 0 aliphatic carbocycles. The Balaban J connectivity index is 1.90. The number of hydrogen-bond acceptors (Lipinski definition) is 6. The van der Waals surface area contributed by atoms with E-state index in [1.807, 2.05) is 0 Å². The first kappa shape index (κ1) is 17.2. The topological polar surface area (TPSA) is 114 Å². The molecule has 0 radical (unpaired) electrons. The Bertz CT molecular complexity index is 1060. The maximum Gasteiger partial charge on any atom is 0.340 e. The highest BCUT2D eigenvalue weighted by molar-refractivity contribution is 7.94. The van der Waals surface area contributed by atoms with Gasteiger partial charge in [-0.25, -0.2) is 13.2 Å². The molecule has 25 heavy (non-hydrogen) atoms. The largest absolute Gasteiger partial charge is 0.507 e. The van der Waals surface area contributed by atoms with Crippen molar-refractivity contribution in [1.82, 2.24) is 5.32 Å². The van der Waals surface area contributed by atoms with Gasteiger partial charge in [0, 0.05) is 5.41 Å². The monoisotopic (exact) mass is 363 g/mol. The number of carbonyl (C=O) groups excluding carboxylic acids is 1. The van der Waals surface area contributed by atoms with Crippen LogP contribution in [0.3, 0.4) is 0 Å². The first-order valence-corrected chi connectivity index (χ1v) is 9.34. The van der Waals surface area contributed by atoms with Gasteiger partial charge < -0.3 is 14.8 Å². The number of aromatic hydroxyl groups is 1. The Labute approximate surface area is 143 Å². The summed E-state index contributed by atoms with van der Waals surface area (Å²) in [6.07, 6.45) is 1.14. The number of nitrogens with one attached hydrogen (secondary N) is 1. The Morgan fingerprint density at radius 3 is 2.72 bits per heavy atom. The molecule has 2 heterocycles. The number of phenols is 1. The van der Waals surface area contributed by atoms with Crippen LogP contribution < -0.4 is 10.9 Å². The molecule has 0 spiro atoms. The van der Waals surface area contributed by atoms with E-state index in [-0.39, 0.29) is 29.1 Å². The van der Waals surface area contributed by atoms with Crippen LogP contribution in [0.25, 0.3) is 11.0 Å². The summed E-state index contributed by atoms with van der Waals surface area (Å²) in [4.78, 5) is 24.4. The summed E-state index contributed by atoms with van der Waals surface area (Å²) in [5.74, 6) is -0.708. The maximum atomic E-state index is 12.2. The normalized spacial score (nSPS) is 18.6. The standard InChI is InChI=1S/C17H17NO6S/c1-9-5-13(19)16-10(2)12(17(21)24-14(16)6-9)7-15(20)18-11-3-4-25(22,23)8-11/h3-6,11,19H,7-8H2,1-2H3,(H,18,20)/t11-/m0/s1. The molecule has 7 nitrogen and oxygen atoms in total. The lowest BCUT2D eigenvalue weighted by Gasteiger charge is -2.12. The summed E-state index contributed by atoms with van der Waals surface area (Å²) in [7, 11) is -3.28. The van der Waals surface area contributed by atoms with E-state index in [0.29, 0.717) is 10.9 Å². The zero-order valence-corrected chi connectivity index (χ0v) is 14.5. The van der Waals surface area contributed by atoms with Crippen molar-refractivity contribution in [2.45, 2.75) is 26.3 Å². The van der Waals surface area contributed by atoms with Crippen LogP contribution in [0.15, 0.2) is 32.8 Å². The highest BCUT2D eigenvalue weighted by Gasteiger charge is 2.24. The van der Waals surface area contributed by atoms with E-state index in [9.17, 15) is 23.1 Å². The van der Waals surface area contributed by atoms with Crippen LogP contribution in [0.1, 0.15) is 16.7 Å². The number of benzene rings is 1. The molecule has 0 bridgehead atoms. The van der Waals surface area contributed by atoms with Gasteiger partial charge in [-0.3, -0.25) is 4.79 Å². The van der Waals surface area contributed by atoms with Crippen LogP contribution in [0.5, 0.6) is 5.75 Å².